The number of aromatic nitrogens is 1. The lowest BCUT2D eigenvalue weighted by atomic mass is 10.1. The van der Waals surface area contributed by atoms with Gasteiger partial charge in [-0.2, -0.15) is 0 Å². The number of imide groups is 2. The zero-order chi connectivity index (χ0) is 27.2. The minimum Gasteiger partial charge on any atom is -0.478 e. The second kappa shape index (κ2) is 9.57. The van der Waals surface area contributed by atoms with Crippen molar-refractivity contribution < 1.29 is 34.2 Å². The molecule has 2 heterocycles. The highest BCUT2D eigenvalue weighted by Gasteiger charge is 2.38. The number of aryl methyl sites for hydroxylation is 1. The normalized spacial score (nSPS) is 14.8. The number of urea groups is 1. The van der Waals surface area contributed by atoms with Gasteiger partial charge in [-0.05, 0) is 61.9 Å². The number of nitrogens with one attached hydrogen (secondary N) is 1. The summed E-state index contributed by atoms with van der Waals surface area (Å²) in [7, 11) is 0. The van der Waals surface area contributed by atoms with Gasteiger partial charge in [0.05, 0.1) is 26.9 Å². The van der Waals surface area contributed by atoms with E-state index in [0.717, 1.165) is 6.07 Å². The van der Waals surface area contributed by atoms with E-state index in [0.29, 0.717) is 21.9 Å². The zero-order valence-electron chi connectivity index (χ0n) is 19.2. The summed E-state index contributed by atoms with van der Waals surface area (Å²) in [5.74, 6) is -4.45. The predicted octanol–water partition coefficient (Wildman–Crippen LogP) is 4.46. The van der Waals surface area contributed by atoms with Crippen molar-refractivity contribution in [3.8, 4) is 5.69 Å². The molecule has 0 spiro atoms. The van der Waals surface area contributed by atoms with E-state index in [1.54, 1.807) is 24.5 Å². The highest BCUT2D eigenvalue weighted by atomic mass is 35.5. The Morgan fingerprint density at radius 1 is 0.946 bits per heavy atom. The van der Waals surface area contributed by atoms with Crippen LogP contribution in [0.5, 0.6) is 0 Å². The lowest BCUT2D eigenvalue weighted by molar-refractivity contribution is -0.122. The number of carboxylic acid groups (broad SMARTS) is 2. The predicted molar refractivity (Wildman–Crippen MR) is 135 cm³/mol. The first-order valence-electron chi connectivity index (χ1n) is 10.6. The molecular weight excluding hydrogens is 525 g/mol. The van der Waals surface area contributed by atoms with Gasteiger partial charge in [-0.25, -0.2) is 19.3 Å². The molecule has 1 aromatic heterocycles. The van der Waals surface area contributed by atoms with Crippen molar-refractivity contribution in [2.75, 3.05) is 4.90 Å². The molecule has 4 amide bonds. The van der Waals surface area contributed by atoms with Gasteiger partial charge in [-0.1, -0.05) is 29.3 Å². The Morgan fingerprint density at radius 2 is 1.57 bits per heavy atom. The first-order chi connectivity index (χ1) is 17.4. The van der Waals surface area contributed by atoms with E-state index in [1.807, 2.05) is 0 Å². The number of amides is 4. The molecule has 0 saturated carbocycles. The van der Waals surface area contributed by atoms with Crippen LogP contribution in [0.1, 0.15) is 37.7 Å². The van der Waals surface area contributed by atoms with E-state index in [1.165, 1.54) is 36.4 Å². The molecule has 4 rings (SSSR count). The second-order valence-electron chi connectivity index (χ2n) is 8.07. The summed E-state index contributed by atoms with van der Waals surface area (Å²) in [5, 5.41) is 21.0. The molecule has 1 aliphatic heterocycles. The maximum atomic E-state index is 13.3. The number of hydrogen-bond donors (Lipinski definition) is 3. The third kappa shape index (κ3) is 4.59. The Hall–Kier alpha value is -4.41. The number of aromatic carboxylic acids is 2. The Kier molecular flexibility index (Phi) is 6.64. The van der Waals surface area contributed by atoms with Crippen molar-refractivity contribution in [3.63, 3.8) is 0 Å². The zero-order valence-corrected chi connectivity index (χ0v) is 20.7. The Labute approximate surface area is 219 Å². The van der Waals surface area contributed by atoms with Crippen LogP contribution in [-0.4, -0.2) is 44.6 Å². The van der Waals surface area contributed by atoms with E-state index < -0.39 is 29.8 Å². The highest BCUT2D eigenvalue weighted by molar-refractivity contribution is 6.46. The van der Waals surface area contributed by atoms with Crippen molar-refractivity contribution >= 4 is 64.7 Å². The van der Waals surface area contributed by atoms with Crippen molar-refractivity contribution in [1.82, 2.24) is 9.88 Å². The van der Waals surface area contributed by atoms with Gasteiger partial charge in [0, 0.05) is 17.1 Å². The van der Waals surface area contributed by atoms with Gasteiger partial charge < -0.3 is 14.8 Å². The summed E-state index contributed by atoms with van der Waals surface area (Å²) >= 11 is 12.2. The number of halogens is 2. The minimum atomic E-state index is -1.30. The second-order valence-corrected chi connectivity index (χ2v) is 8.86. The summed E-state index contributed by atoms with van der Waals surface area (Å²) in [4.78, 5) is 62.2. The molecule has 3 aromatic rings. The molecule has 10 nitrogen and oxygen atoms in total. The number of carbonyl (C=O) groups excluding carboxylic acids is 3. The molecule has 0 radical (unpaired) electrons. The molecular formula is C25H17Cl2N3O7. The average Bonchev–Trinajstić information content (AvgIpc) is 3.11. The van der Waals surface area contributed by atoms with Gasteiger partial charge in [-0.3, -0.25) is 14.9 Å². The van der Waals surface area contributed by atoms with Crippen LogP contribution in [0, 0.1) is 13.8 Å². The summed E-state index contributed by atoms with van der Waals surface area (Å²) in [6.07, 6.45) is 1.29. The van der Waals surface area contributed by atoms with Gasteiger partial charge >= 0.3 is 18.0 Å². The molecule has 3 N–H and O–H groups in total. The fourth-order valence-electron chi connectivity index (χ4n) is 4.02. The highest BCUT2D eigenvalue weighted by Crippen LogP contribution is 2.34. The van der Waals surface area contributed by atoms with Crippen LogP contribution >= 0.6 is 23.2 Å². The number of carbonyl (C=O) groups is 5. The number of carboxylic acids is 2. The van der Waals surface area contributed by atoms with E-state index >= 15 is 0 Å². The van der Waals surface area contributed by atoms with Crippen LogP contribution in [0.15, 0.2) is 48.0 Å². The number of barbiturate groups is 1. The Bertz CT molecular complexity index is 1540. The van der Waals surface area contributed by atoms with Crippen LogP contribution in [0.4, 0.5) is 10.5 Å². The number of hydrogen-bond acceptors (Lipinski definition) is 5. The molecule has 0 bridgehead atoms. The number of benzene rings is 2. The molecule has 0 aliphatic carbocycles. The number of anilines is 1. The maximum Gasteiger partial charge on any atom is 0.336 e. The van der Waals surface area contributed by atoms with Gasteiger partial charge in [0.2, 0.25) is 0 Å². The van der Waals surface area contributed by atoms with Gasteiger partial charge in [0.15, 0.2) is 0 Å². The van der Waals surface area contributed by atoms with Crippen molar-refractivity contribution in [1.29, 1.82) is 0 Å². The summed E-state index contributed by atoms with van der Waals surface area (Å²) in [5.41, 5.74) is 0.896. The molecule has 0 atom stereocenters. The van der Waals surface area contributed by atoms with Crippen molar-refractivity contribution in [2.45, 2.75) is 13.8 Å². The van der Waals surface area contributed by atoms with Crippen LogP contribution < -0.4 is 10.2 Å². The van der Waals surface area contributed by atoms with E-state index in [4.69, 9.17) is 23.2 Å². The molecule has 1 aliphatic rings. The van der Waals surface area contributed by atoms with Crippen molar-refractivity contribution in [3.05, 3.63) is 86.2 Å². The summed E-state index contributed by atoms with van der Waals surface area (Å²) in [6.45, 7) is 3.34. The summed E-state index contributed by atoms with van der Waals surface area (Å²) < 4.78 is 1.59. The lowest BCUT2D eigenvalue weighted by Crippen LogP contribution is -2.54. The summed E-state index contributed by atoms with van der Waals surface area (Å²) in [6, 6.07) is 8.68. The first kappa shape index (κ1) is 25.7. The van der Waals surface area contributed by atoms with Crippen LogP contribution in [-0.2, 0) is 9.59 Å². The topological polar surface area (TPSA) is 146 Å². The van der Waals surface area contributed by atoms with Crippen LogP contribution in [0.3, 0.4) is 0 Å². The maximum absolute atomic E-state index is 13.3. The smallest absolute Gasteiger partial charge is 0.336 e. The fourth-order valence-corrected chi connectivity index (χ4v) is 4.40. The third-order valence-electron chi connectivity index (χ3n) is 5.71. The molecule has 1 saturated heterocycles. The minimum absolute atomic E-state index is 0.00720. The third-order valence-corrected chi connectivity index (χ3v) is 6.52. The molecule has 12 heteroatoms. The van der Waals surface area contributed by atoms with Gasteiger partial charge in [0.1, 0.15) is 5.57 Å². The molecule has 37 heavy (non-hydrogen) atoms. The average molecular weight is 542 g/mol. The fraction of sp³-hybridized carbons (Fsp3) is 0.0800. The largest absolute Gasteiger partial charge is 0.478 e. The van der Waals surface area contributed by atoms with Gasteiger partial charge in [0.25, 0.3) is 11.8 Å². The van der Waals surface area contributed by atoms with E-state index in [-0.39, 0.29) is 38.1 Å². The first-order valence-corrected chi connectivity index (χ1v) is 11.3. The van der Waals surface area contributed by atoms with E-state index in [9.17, 15) is 34.2 Å². The van der Waals surface area contributed by atoms with E-state index in [2.05, 4.69) is 5.32 Å². The Morgan fingerprint density at radius 3 is 2.16 bits per heavy atom. The van der Waals surface area contributed by atoms with Gasteiger partial charge in [-0.15, -0.1) is 0 Å². The quantitative estimate of drug-likeness (QED) is 0.319. The standard InChI is InChI=1S/C25H17Cl2N3O7/c1-11-6-13(12(2)29(11)16-8-14(23(33)34)7-15(9-16)24(35)36)10-17-21(31)28-25(37)30(22(17)32)19-5-3-4-18(26)20(19)27/h3-10H,1-2H3,(H,33,34)(H,35,36)(H,28,31,37)/b17-10+. The number of rotatable bonds is 5. The van der Waals surface area contributed by atoms with Crippen molar-refractivity contribution in [2.24, 2.45) is 0 Å². The molecule has 2 aromatic carbocycles. The monoisotopic (exact) mass is 541 g/mol. The lowest BCUT2D eigenvalue weighted by Gasteiger charge is -2.27. The molecule has 1 fully saturated rings. The number of nitrogens with zero attached hydrogens (tertiary/aromatic N) is 2. The van der Waals surface area contributed by atoms with Crippen LogP contribution in [0.2, 0.25) is 10.0 Å². The molecule has 188 valence electrons. The Balaban J connectivity index is 1.82. The SMILES string of the molecule is Cc1cc(/C=C2\C(=O)NC(=O)N(c3cccc(Cl)c3Cl)C2=O)c(C)n1-c1cc(C(=O)O)cc(C(=O)O)c1. The van der Waals surface area contributed by atoms with Crippen LogP contribution in [0.25, 0.3) is 11.8 Å². The molecule has 0 unspecified atom stereocenters.